The third-order valence-corrected chi connectivity index (χ3v) is 4.16. The van der Waals surface area contributed by atoms with Gasteiger partial charge in [0.2, 0.25) is 0 Å². The monoisotopic (exact) mass is 345 g/mol. The van der Waals surface area contributed by atoms with Crippen LogP contribution in [0.25, 0.3) is 0 Å². The number of nitrogens with two attached hydrogens (primary N) is 1. The van der Waals surface area contributed by atoms with Crippen LogP contribution in [0.4, 0.5) is 0 Å². The van der Waals surface area contributed by atoms with Crippen molar-refractivity contribution in [3.05, 3.63) is 49.6 Å². The summed E-state index contributed by atoms with van der Waals surface area (Å²) in [6.45, 7) is 2.45. The lowest BCUT2D eigenvalue weighted by Gasteiger charge is -2.14. The highest BCUT2D eigenvalue weighted by Gasteiger charge is 2.09. The molecule has 2 rings (SSSR count). The van der Waals surface area contributed by atoms with E-state index in [4.69, 9.17) is 22.1 Å². The second-order valence-electron chi connectivity index (χ2n) is 3.97. The number of hydrogen-bond acceptors (Lipinski definition) is 3. The van der Waals surface area contributed by atoms with Gasteiger partial charge in [-0.1, -0.05) is 33.6 Å². The molecule has 0 aliphatic rings. The van der Waals surface area contributed by atoms with E-state index in [9.17, 15) is 0 Å². The quantitative estimate of drug-likeness (QED) is 0.866. The molecule has 0 saturated heterocycles. The number of benzene rings is 1. The molecule has 2 nitrogen and oxygen atoms in total. The third-order valence-electron chi connectivity index (χ3n) is 2.46. The van der Waals surface area contributed by atoms with Gasteiger partial charge < -0.3 is 10.5 Å². The summed E-state index contributed by atoms with van der Waals surface area (Å²) in [4.78, 5) is 1.09. The van der Waals surface area contributed by atoms with Crippen molar-refractivity contribution in [3.63, 3.8) is 0 Å². The van der Waals surface area contributed by atoms with Gasteiger partial charge in [0.1, 0.15) is 12.4 Å². The van der Waals surface area contributed by atoms with E-state index in [0.29, 0.717) is 6.61 Å². The lowest BCUT2D eigenvalue weighted by Crippen LogP contribution is -2.07. The average molecular weight is 347 g/mol. The average Bonchev–Trinajstić information content (AvgIpc) is 2.72. The molecule has 1 heterocycles. The third kappa shape index (κ3) is 3.48. The van der Waals surface area contributed by atoms with Gasteiger partial charge in [0.25, 0.3) is 0 Å². The number of hydrogen-bond donors (Lipinski definition) is 1. The van der Waals surface area contributed by atoms with Crippen molar-refractivity contribution >= 4 is 38.9 Å². The Morgan fingerprint density at radius 2 is 2.17 bits per heavy atom. The molecule has 0 radical (unpaired) electrons. The Kier molecular flexibility index (Phi) is 4.67. The van der Waals surface area contributed by atoms with Gasteiger partial charge in [-0.3, -0.25) is 0 Å². The molecule has 18 heavy (non-hydrogen) atoms. The zero-order chi connectivity index (χ0) is 13.1. The van der Waals surface area contributed by atoms with Crippen molar-refractivity contribution in [2.24, 2.45) is 5.73 Å². The Balaban J connectivity index is 2.15. The maximum Gasteiger partial charge on any atom is 0.125 e. The molecule has 0 aliphatic heterocycles. The Morgan fingerprint density at radius 1 is 1.39 bits per heavy atom. The predicted molar refractivity (Wildman–Crippen MR) is 80.4 cm³/mol. The van der Waals surface area contributed by atoms with Crippen molar-refractivity contribution in [1.29, 1.82) is 0 Å². The van der Waals surface area contributed by atoms with E-state index >= 15 is 0 Å². The van der Waals surface area contributed by atoms with Crippen LogP contribution in [0, 0.1) is 0 Å². The fourth-order valence-corrected chi connectivity index (χ4v) is 2.93. The van der Waals surface area contributed by atoms with Crippen molar-refractivity contribution in [1.82, 2.24) is 0 Å². The maximum absolute atomic E-state index is 5.92. The second kappa shape index (κ2) is 6.06. The Labute approximate surface area is 124 Å². The number of ether oxygens (including phenoxy) is 1. The SMILES string of the molecule is C[C@@H](N)c1ccc(Br)cc1OCc1ccc(Cl)s1. The molecule has 0 bridgehead atoms. The molecule has 0 spiro atoms. The summed E-state index contributed by atoms with van der Waals surface area (Å²) in [7, 11) is 0. The Morgan fingerprint density at radius 3 is 2.78 bits per heavy atom. The first-order valence-electron chi connectivity index (χ1n) is 5.48. The van der Waals surface area contributed by atoms with Crippen molar-refractivity contribution in [3.8, 4) is 5.75 Å². The van der Waals surface area contributed by atoms with Crippen LogP contribution >= 0.6 is 38.9 Å². The summed E-state index contributed by atoms with van der Waals surface area (Å²) in [5.74, 6) is 0.809. The summed E-state index contributed by atoms with van der Waals surface area (Å²) in [5, 5.41) is 0. The zero-order valence-corrected chi connectivity index (χ0v) is 13.0. The number of rotatable bonds is 4. The van der Waals surface area contributed by atoms with Crippen LogP contribution in [0.5, 0.6) is 5.75 Å². The van der Waals surface area contributed by atoms with E-state index in [0.717, 1.165) is 25.0 Å². The molecule has 0 fully saturated rings. The molecule has 2 aromatic rings. The van der Waals surface area contributed by atoms with Crippen LogP contribution in [0.3, 0.4) is 0 Å². The lowest BCUT2D eigenvalue weighted by molar-refractivity contribution is 0.305. The van der Waals surface area contributed by atoms with Crippen molar-refractivity contribution < 1.29 is 4.74 Å². The largest absolute Gasteiger partial charge is 0.488 e. The van der Waals surface area contributed by atoms with E-state index in [2.05, 4.69) is 15.9 Å². The topological polar surface area (TPSA) is 35.2 Å². The second-order valence-corrected chi connectivity index (χ2v) is 6.68. The van der Waals surface area contributed by atoms with Crippen LogP contribution < -0.4 is 10.5 Å². The predicted octanol–water partition coefficient (Wildman–Crippen LogP) is 4.76. The summed E-state index contributed by atoms with van der Waals surface area (Å²) < 4.78 is 7.57. The number of halogens is 2. The molecular weight excluding hydrogens is 334 g/mol. The summed E-state index contributed by atoms with van der Waals surface area (Å²) in [6, 6.07) is 9.67. The summed E-state index contributed by atoms with van der Waals surface area (Å²) in [6.07, 6.45) is 0. The van der Waals surface area contributed by atoms with E-state index in [-0.39, 0.29) is 6.04 Å². The molecular formula is C13H13BrClNOS. The fourth-order valence-electron chi connectivity index (χ4n) is 1.59. The highest BCUT2D eigenvalue weighted by atomic mass is 79.9. The van der Waals surface area contributed by atoms with Gasteiger partial charge in [-0.25, -0.2) is 0 Å². The van der Waals surface area contributed by atoms with Crippen LogP contribution in [-0.2, 0) is 6.61 Å². The zero-order valence-electron chi connectivity index (χ0n) is 9.82. The minimum Gasteiger partial charge on any atom is -0.488 e. The minimum absolute atomic E-state index is 0.0555. The van der Waals surface area contributed by atoms with E-state index in [1.165, 1.54) is 11.3 Å². The molecule has 0 unspecified atom stereocenters. The molecule has 96 valence electrons. The first-order chi connectivity index (χ1) is 8.56. The highest BCUT2D eigenvalue weighted by Crippen LogP contribution is 2.29. The molecule has 1 atom stereocenters. The lowest BCUT2D eigenvalue weighted by atomic mass is 10.1. The molecule has 2 N–H and O–H groups in total. The Hall–Kier alpha value is -0.550. The van der Waals surface area contributed by atoms with E-state index < -0.39 is 0 Å². The van der Waals surface area contributed by atoms with Gasteiger partial charge in [0.15, 0.2) is 0 Å². The molecule has 0 aliphatic carbocycles. The van der Waals surface area contributed by atoms with Crippen LogP contribution in [0.15, 0.2) is 34.8 Å². The normalized spacial score (nSPS) is 12.4. The molecule has 1 aromatic carbocycles. The molecule has 1 aromatic heterocycles. The van der Waals surface area contributed by atoms with E-state index in [1.54, 1.807) is 0 Å². The van der Waals surface area contributed by atoms with Gasteiger partial charge in [0, 0.05) is 21.0 Å². The smallest absolute Gasteiger partial charge is 0.125 e. The Bertz CT molecular complexity index is 542. The molecule has 0 amide bonds. The molecule has 5 heteroatoms. The fraction of sp³-hybridized carbons (Fsp3) is 0.231. The highest BCUT2D eigenvalue weighted by molar-refractivity contribution is 9.10. The first-order valence-corrected chi connectivity index (χ1v) is 7.47. The summed E-state index contributed by atoms with van der Waals surface area (Å²) >= 11 is 10.8. The van der Waals surface area contributed by atoms with Crippen LogP contribution in [0.1, 0.15) is 23.4 Å². The van der Waals surface area contributed by atoms with Crippen molar-refractivity contribution in [2.75, 3.05) is 0 Å². The van der Waals surface area contributed by atoms with Gasteiger partial charge in [-0.05, 0) is 31.2 Å². The maximum atomic E-state index is 5.92. The molecule has 0 saturated carbocycles. The first kappa shape index (κ1) is 13.9. The summed E-state index contributed by atoms with van der Waals surface area (Å²) in [5.41, 5.74) is 6.92. The van der Waals surface area contributed by atoms with Gasteiger partial charge in [-0.15, -0.1) is 11.3 Å². The minimum atomic E-state index is -0.0555. The van der Waals surface area contributed by atoms with Gasteiger partial charge in [-0.2, -0.15) is 0 Å². The van der Waals surface area contributed by atoms with Gasteiger partial charge >= 0.3 is 0 Å². The van der Waals surface area contributed by atoms with Gasteiger partial charge in [0.05, 0.1) is 4.34 Å². The van der Waals surface area contributed by atoms with Crippen LogP contribution in [-0.4, -0.2) is 0 Å². The van der Waals surface area contributed by atoms with E-state index in [1.807, 2.05) is 37.3 Å². The number of thiophene rings is 1. The van der Waals surface area contributed by atoms with Crippen LogP contribution in [0.2, 0.25) is 4.34 Å². The van der Waals surface area contributed by atoms with Crippen molar-refractivity contribution in [2.45, 2.75) is 19.6 Å². The standard InChI is InChI=1S/C13H13BrClNOS/c1-8(16)11-4-2-9(14)6-12(11)17-7-10-3-5-13(15)18-10/h2-6,8H,7,16H2,1H3/t8-/m1/s1.